The Hall–Kier alpha value is -4.25. The van der Waals surface area contributed by atoms with Gasteiger partial charge < -0.3 is 14.8 Å². The van der Waals surface area contributed by atoms with Crippen molar-refractivity contribution in [1.82, 2.24) is 0 Å². The topological polar surface area (TPSA) is 128 Å². The number of carbonyl (C=O) groups excluding carboxylic acids is 3. The standard InChI is InChI=1S/C24H19FN2O7S/c1-14-10-16(25)7-9-22(14)35(31,32)27-18-5-3-2-4-17(18)24(30)34-12-20(28)15-6-8-21-19(11-15)26-23(29)13-33-21/h2-11,27H,12-13H2,1H3,(H,26,29). The summed E-state index contributed by atoms with van der Waals surface area (Å²) in [6.45, 7) is 0.702. The van der Waals surface area contributed by atoms with Crippen molar-refractivity contribution in [3.8, 4) is 5.75 Å². The van der Waals surface area contributed by atoms with E-state index in [2.05, 4.69) is 10.0 Å². The summed E-state index contributed by atoms with van der Waals surface area (Å²) in [6.07, 6.45) is 0. The second-order valence-corrected chi connectivity index (χ2v) is 9.26. The molecule has 0 bridgehead atoms. The van der Waals surface area contributed by atoms with Crippen molar-refractivity contribution in [2.75, 3.05) is 23.3 Å². The normalized spacial score (nSPS) is 12.7. The fraction of sp³-hybridized carbons (Fsp3) is 0.125. The Morgan fingerprint density at radius 3 is 2.66 bits per heavy atom. The van der Waals surface area contributed by atoms with Crippen LogP contribution in [0.1, 0.15) is 26.3 Å². The van der Waals surface area contributed by atoms with Gasteiger partial charge in [0.05, 0.1) is 21.8 Å². The molecular weight excluding hydrogens is 479 g/mol. The number of halogens is 1. The predicted molar refractivity (Wildman–Crippen MR) is 124 cm³/mol. The van der Waals surface area contributed by atoms with Gasteiger partial charge in [0, 0.05) is 5.56 Å². The first-order chi connectivity index (χ1) is 16.6. The first-order valence-corrected chi connectivity index (χ1v) is 11.8. The van der Waals surface area contributed by atoms with E-state index in [0.717, 1.165) is 18.2 Å². The maximum atomic E-state index is 13.4. The Morgan fingerprint density at radius 2 is 1.89 bits per heavy atom. The number of para-hydroxylation sites is 1. The van der Waals surface area contributed by atoms with Gasteiger partial charge in [0.25, 0.3) is 15.9 Å². The van der Waals surface area contributed by atoms with Gasteiger partial charge in [-0.2, -0.15) is 0 Å². The zero-order valence-corrected chi connectivity index (χ0v) is 19.1. The average Bonchev–Trinajstić information content (AvgIpc) is 2.81. The van der Waals surface area contributed by atoms with Gasteiger partial charge in [-0.25, -0.2) is 17.6 Å². The van der Waals surface area contributed by atoms with Gasteiger partial charge in [-0.3, -0.25) is 14.3 Å². The van der Waals surface area contributed by atoms with E-state index in [9.17, 15) is 27.2 Å². The largest absolute Gasteiger partial charge is 0.482 e. The number of aryl methyl sites for hydroxylation is 1. The number of benzene rings is 3. The van der Waals surface area contributed by atoms with Crippen LogP contribution < -0.4 is 14.8 Å². The molecule has 4 rings (SSSR count). The van der Waals surface area contributed by atoms with Crippen LogP contribution >= 0.6 is 0 Å². The Kier molecular flexibility index (Phi) is 6.52. The van der Waals surface area contributed by atoms with Crippen LogP contribution in [-0.2, 0) is 19.6 Å². The van der Waals surface area contributed by atoms with Gasteiger partial charge in [0.2, 0.25) is 0 Å². The lowest BCUT2D eigenvalue weighted by molar-refractivity contribution is -0.118. The third-order valence-electron chi connectivity index (χ3n) is 5.09. The number of ether oxygens (including phenoxy) is 2. The summed E-state index contributed by atoms with van der Waals surface area (Å²) in [5, 5.41) is 2.59. The molecule has 0 saturated carbocycles. The molecule has 0 radical (unpaired) electrons. The van der Waals surface area contributed by atoms with E-state index in [1.54, 1.807) is 0 Å². The highest BCUT2D eigenvalue weighted by Gasteiger charge is 2.23. The summed E-state index contributed by atoms with van der Waals surface area (Å²) in [6, 6.07) is 13.4. The van der Waals surface area contributed by atoms with E-state index >= 15 is 0 Å². The molecule has 0 fully saturated rings. The molecule has 11 heteroatoms. The maximum absolute atomic E-state index is 13.4. The summed E-state index contributed by atoms with van der Waals surface area (Å²) in [7, 11) is -4.14. The SMILES string of the molecule is Cc1cc(F)ccc1S(=O)(=O)Nc1ccccc1C(=O)OCC(=O)c1ccc2c(c1)NC(=O)CO2. The number of amides is 1. The molecular formula is C24H19FN2O7S. The molecule has 3 aromatic carbocycles. The smallest absolute Gasteiger partial charge is 0.340 e. The van der Waals surface area contributed by atoms with E-state index < -0.39 is 34.2 Å². The summed E-state index contributed by atoms with van der Waals surface area (Å²) in [4.78, 5) is 36.5. The highest BCUT2D eigenvalue weighted by molar-refractivity contribution is 7.92. The first kappa shape index (κ1) is 23.9. The lowest BCUT2D eigenvalue weighted by Crippen LogP contribution is -2.25. The quantitative estimate of drug-likeness (QED) is 0.378. The minimum absolute atomic E-state index is 0.0673. The van der Waals surface area contributed by atoms with Crippen LogP contribution in [0.25, 0.3) is 0 Å². The first-order valence-electron chi connectivity index (χ1n) is 10.3. The number of hydrogen-bond acceptors (Lipinski definition) is 7. The van der Waals surface area contributed by atoms with E-state index in [1.807, 2.05) is 0 Å². The van der Waals surface area contributed by atoms with E-state index in [0.29, 0.717) is 11.4 Å². The second kappa shape index (κ2) is 9.55. The third kappa shape index (κ3) is 5.30. The van der Waals surface area contributed by atoms with Crippen molar-refractivity contribution in [2.24, 2.45) is 0 Å². The average molecular weight is 498 g/mol. The Balaban J connectivity index is 1.48. The summed E-state index contributed by atoms with van der Waals surface area (Å²) < 4.78 is 51.7. The molecule has 1 amide bonds. The number of nitrogens with one attached hydrogen (secondary N) is 2. The van der Waals surface area contributed by atoms with Gasteiger partial charge in [0.15, 0.2) is 19.0 Å². The summed E-state index contributed by atoms with van der Waals surface area (Å²) in [5.74, 6) is -1.99. The molecule has 0 spiro atoms. The fourth-order valence-corrected chi connectivity index (χ4v) is 4.72. The highest BCUT2D eigenvalue weighted by atomic mass is 32.2. The van der Waals surface area contributed by atoms with Crippen LogP contribution in [0.4, 0.5) is 15.8 Å². The molecule has 1 heterocycles. The molecule has 1 aliphatic heterocycles. The predicted octanol–water partition coefficient (Wildman–Crippen LogP) is 3.31. The van der Waals surface area contributed by atoms with E-state index in [1.165, 1.54) is 49.4 Å². The molecule has 3 aromatic rings. The Bertz CT molecular complexity index is 1450. The number of Topliss-reactive ketones (excluding diaryl/α,β-unsaturated/α-hetero) is 1. The van der Waals surface area contributed by atoms with Crippen LogP contribution in [0.15, 0.2) is 65.6 Å². The van der Waals surface area contributed by atoms with Gasteiger partial charge in [-0.05, 0) is 61.0 Å². The zero-order valence-electron chi connectivity index (χ0n) is 18.3. The molecule has 2 N–H and O–H groups in total. The molecule has 9 nitrogen and oxygen atoms in total. The number of fused-ring (bicyclic) bond motifs is 1. The van der Waals surface area contributed by atoms with Crippen LogP contribution in [0.3, 0.4) is 0 Å². The van der Waals surface area contributed by atoms with Crippen molar-refractivity contribution < 1.29 is 36.7 Å². The number of anilines is 2. The van der Waals surface area contributed by atoms with Gasteiger partial charge in [-0.15, -0.1) is 0 Å². The minimum Gasteiger partial charge on any atom is -0.482 e. The minimum atomic E-state index is -4.14. The highest BCUT2D eigenvalue weighted by Crippen LogP contribution is 2.29. The molecule has 35 heavy (non-hydrogen) atoms. The number of rotatable bonds is 7. The van der Waals surface area contributed by atoms with Crippen LogP contribution in [0.5, 0.6) is 5.75 Å². The monoisotopic (exact) mass is 498 g/mol. The number of esters is 1. The molecule has 180 valence electrons. The number of hydrogen-bond donors (Lipinski definition) is 2. The van der Waals surface area contributed by atoms with Gasteiger partial charge >= 0.3 is 5.97 Å². The van der Waals surface area contributed by atoms with Gasteiger partial charge in [0.1, 0.15) is 11.6 Å². The van der Waals surface area contributed by atoms with Crippen LogP contribution in [0, 0.1) is 12.7 Å². The van der Waals surface area contributed by atoms with Gasteiger partial charge in [-0.1, -0.05) is 12.1 Å². The maximum Gasteiger partial charge on any atom is 0.340 e. The van der Waals surface area contributed by atoms with E-state index in [-0.39, 0.29) is 39.8 Å². The molecule has 0 saturated heterocycles. The van der Waals surface area contributed by atoms with Crippen molar-refractivity contribution in [3.05, 3.63) is 83.2 Å². The van der Waals surface area contributed by atoms with E-state index in [4.69, 9.17) is 9.47 Å². The summed E-state index contributed by atoms with van der Waals surface area (Å²) in [5.41, 5.74) is 0.518. The van der Waals surface area contributed by atoms with Crippen LogP contribution in [-0.4, -0.2) is 39.3 Å². The van der Waals surface area contributed by atoms with Crippen molar-refractivity contribution in [3.63, 3.8) is 0 Å². The lowest BCUT2D eigenvalue weighted by atomic mass is 10.1. The third-order valence-corrected chi connectivity index (χ3v) is 6.61. The molecule has 0 atom stereocenters. The summed E-state index contributed by atoms with van der Waals surface area (Å²) >= 11 is 0. The van der Waals surface area contributed by atoms with Crippen LogP contribution in [0.2, 0.25) is 0 Å². The number of sulfonamides is 1. The van der Waals surface area contributed by atoms with Crippen molar-refractivity contribution in [2.45, 2.75) is 11.8 Å². The molecule has 1 aliphatic rings. The number of carbonyl (C=O) groups is 3. The Morgan fingerprint density at radius 1 is 1.11 bits per heavy atom. The fourth-order valence-electron chi connectivity index (χ4n) is 3.41. The number of ketones is 1. The lowest BCUT2D eigenvalue weighted by Gasteiger charge is -2.18. The molecule has 0 unspecified atom stereocenters. The van der Waals surface area contributed by atoms with Crippen molar-refractivity contribution in [1.29, 1.82) is 0 Å². The molecule has 0 aromatic heterocycles. The van der Waals surface area contributed by atoms with Crippen molar-refractivity contribution >= 4 is 39.1 Å². The second-order valence-electron chi connectivity index (χ2n) is 7.61. The zero-order chi connectivity index (χ0) is 25.2. The Labute approximate surface area is 199 Å². The molecule has 0 aliphatic carbocycles.